The molecule has 2 rings (SSSR count). The molecule has 0 heterocycles. The van der Waals surface area contributed by atoms with Crippen LogP contribution in [0.2, 0.25) is 0 Å². The predicted octanol–water partition coefficient (Wildman–Crippen LogP) is 3.78. The highest BCUT2D eigenvalue weighted by Crippen LogP contribution is 2.27. The summed E-state index contributed by atoms with van der Waals surface area (Å²) in [5.74, 6) is -2.70. The van der Waals surface area contributed by atoms with Gasteiger partial charge in [-0.1, -0.05) is 24.3 Å². The van der Waals surface area contributed by atoms with E-state index in [4.69, 9.17) is 10.5 Å². The molecule has 41 heavy (non-hydrogen) atoms. The number of nitrogens with zero attached hydrogens (tertiary/aromatic N) is 4. The number of Topliss-reactive ketones (excluding diaryl/α,β-unsaturated/α-hetero) is 1. The van der Waals surface area contributed by atoms with Crippen molar-refractivity contribution in [2.75, 3.05) is 0 Å². The Morgan fingerprint density at radius 1 is 0.805 bits per heavy atom. The molecule has 0 aliphatic heterocycles. The lowest BCUT2D eigenvalue weighted by Crippen LogP contribution is -2.28. The lowest BCUT2D eigenvalue weighted by molar-refractivity contribution is -0.386. The first-order chi connectivity index (χ1) is 19.3. The van der Waals surface area contributed by atoms with Crippen molar-refractivity contribution in [2.24, 2.45) is 0 Å². The molecule has 0 aromatic heterocycles. The number of carbonyl (C=O) groups excluding carboxylic acids is 3. The smallest absolute Gasteiger partial charge is 0.310 e. The monoisotopic (exact) mass is 559 g/mol. The highest BCUT2D eigenvalue weighted by atomic mass is 16.6. The number of nitro benzene ring substituents is 2. The van der Waals surface area contributed by atoms with Gasteiger partial charge in [0, 0.05) is 19.1 Å². The zero-order valence-electron chi connectivity index (χ0n) is 21.5. The van der Waals surface area contributed by atoms with Gasteiger partial charge in [-0.3, -0.25) is 39.9 Å². The van der Waals surface area contributed by atoms with Crippen molar-refractivity contribution in [3.8, 4) is 23.6 Å². The van der Waals surface area contributed by atoms with E-state index in [0.717, 1.165) is 13.0 Å². The number of benzene rings is 2. The summed E-state index contributed by atoms with van der Waals surface area (Å²) < 4.78 is 0. The van der Waals surface area contributed by atoms with Crippen LogP contribution in [-0.4, -0.2) is 37.7 Å². The predicted molar refractivity (Wildman–Crippen MR) is 144 cm³/mol. The average molecular weight is 559 g/mol. The van der Waals surface area contributed by atoms with Gasteiger partial charge in [-0.15, -0.1) is 0 Å². The van der Waals surface area contributed by atoms with Crippen LogP contribution in [0.1, 0.15) is 25.0 Å². The molecule has 14 heteroatoms. The quantitative estimate of drug-likeness (QED) is 0.138. The summed E-state index contributed by atoms with van der Waals surface area (Å²) in [6.07, 6.45) is 8.27. The fourth-order valence-corrected chi connectivity index (χ4v) is 2.73. The van der Waals surface area contributed by atoms with Crippen LogP contribution in [0.4, 0.5) is 11.4 Å². The number of imide groups is 1. The molecule has 0 aliphatic carbocycles. The van der Waals surface area contributed by atoms with E-state index < -0.39 is 38.8 Å². The molecule has 0 bridgehead atoms. The highest BCUT2D eigenvalue weighted by molar-refractivity contribution is 6.06. The van der Waals surface area contributed by atoms with E-state index in [2.05, 4.69) is 0 Å². The van der Waals surface area contributed by atoms with E-state index in [1.165, 1.54) is 73.7 Å². The molecule has 0 spiro atoms. The zero-order valence-corrected chi connectivity index (χ0v) is 21.5. The van der Waals surface area contributed by atoms with Crippen LogP contribution in [0, 0.1) is 42.9 Å². The number of nitro groups is 2. The van der Waals surface area contributed by atoms with Crippen LogP contribution in [0.5, 0.6) is 11.5 Å². The standard InChI is InChI=1S/C14H11N3O5.C13H10N2O4/c1-9(18)16-14(20)11(8-15)4-2-3-10-5-6-12(17(21)22)13(19)7-10;1-9(16)11(8-14)4-2-3-10-5-6-12(15(18)19)13(17)7-10/h2-7,19H,1H3,(H,16,18,20);2-7,17H,1H3/b2*3-2+,11-4+. The van der Waals surface area contributed by atoms with Crippen molar-refractivity contribution in [3.63, 3.8) is 0 Å². The van der Waals surface area contributed by atoms with Gasteiger partial charge in [0.1, 0.15) is 17.7 Å². The summed E-state index contributed by atoms with van der Waals surface area (Å²) in [6.45, 7) is 2.42. The van der Waals surface area contributed by atoms with E-state index >= 15 is 0 Å². The SMILES string of the molecule is CC(=O)/C(C#N)=C/C=C/c1ccc([N+](=O)[O-])c(O)c1.CC(=O)NC(=O)/C(C#N)=C/C=C/c1ccc([N+](=O)[O-])c(O)c1. The normalized spacial score (nSPS) is 11.1. The van der Waals surface area contributed by atoms with E-state index in [1.807, 2.05) is 5.32 Å². The molecule has 14 nitrogen and oxygen atoms in total. The van der Waals surface area contributed by atoms with Gasteiger partial charge in [-0.05, 0) is 54.5 Å². The Morgan fingerprint density at radius 2 is 1.22 bits per heavy atom. The first-order valence-electron chi connectivity index (χ1n) is 11.1. The second kappa shape index (κ2) is 15.8. The fourth-order valence-electron chi connectivity index (χ4n) is 2.73. The summed E-state index contributed by atoms with van der Waals surface area (Å²) in [5.41, 5.74) is -0.135. The fraction of sp³-hybridized carbons (Fsp3) is 0.0741. The average Bonchev–Trinajstić information content (AvgIpc) is 2.88. The number of carbonyl (C=O) groups is 3. The Bertz CT molecular complexity index is 1590. The van der Waals surface area contributed by atoms with Gasteiger partial charge >= 0.3 is 11.4 Å². The molecule has 2 aromatic carbocycles. The number of rotatable bonds is 8. The number of nitriles is 2. The van der Waals surface area contributed by atoms with Crippen molar-refractivity contribution in [2.45, 2.75) is 13.8 Å². The number of nitrogens with one attached hydrogen (secondary N) is 1. The minimum atomic E-state index is -0.828. The molecule has 0 radical (unpaired) electrons. The number of hydrogen-bond acceptors (Lipinski definition) is 11. The molecule has 2 aromatic rings. The van der Waals surface area contributed by atoms with Crippen LogP contribution in [0.15, 0.2) is 71.8 Å². The third-order valence-electron chi connectivity index (χ3n) is 4.65. The summed E-state index contributed by atoms with van der Waals surface area (Å²) in [6, 6.07) is 10.9. The zero-order chi connectivity index (χ0) is 31.1. The largest absolute Gasteiger partial charge is 0.502 e. The van der Waals surface area contributed by atoms with Crippen LogP contribution < -0.4 is 5.32 Å². The minimum absolute atomic E-state index is 0.00221. The Hall–Kier alpha value is -6.41. The van der Waals surface area contributed by atoms with E-state index in [-0.39, 0.29) is 22.6 Å². The third kappa shape index (κ3) is 10.8. The van der Waals surface area contributed by atoms with E-state index in [0.29, 0.717) is 11.1 Å². The molecule has 0 saturated carbocycles. The van der Waals surface area contributed by atoms with Gasteiger partial charge < -0.3 is 10.2 Å². The van der Waals surface area contributed by atoms with Crippen molar-refractivity contribution >= 4 is 41.1 Å². The molecule has 0 atom stereocenters. The van der Waals surface area contributed by atoms with Gasteiger partial charge in [0.25, 0.3) is 5.91 Å². The van der Waals surface area contributed by atoms with Gasteiger partial charge in [0.2, 0.25) is 5.91 Å². The summed E-state index contributed by atoms with van der Waals surface area (Å²) in [5, 5.41) is 59.3. The van der Waals surface area contributed by atoms with Gasteiger partial charge in [-0.25, -0.2) is 0 Å². The highest BCUT2D eigenvalue weighted by Gasteiger charge is 2.13. The topological polar surface area (TPSA) is 238 Å². The van der Waals surface area contributed by atoms with E-state index in [1.54, 1.807) is 12.1 Å². The molecule has 2 amide bonds. The first-order valence-corrected chi connectivity index (χ1v) is 11.1. The van der Waals surface area contributed by atoms with Crippen LogP contribution in [-0.2, 0) is 14.4 Å². The number of hydrogen-bond donors (Lipinski definition) is 3. The number of ketones is 1. The number of phenols is 2. The molecule has 3 N–H and O–H groups in total. The van der Waals surface area contributed by atoms with Gasteiger partial charge in [-0.2, -0.15) is 10.5 Å². The molecule has 0 unspecified atom stereocenters. The van der Waals surface area contributed by atoms with Gasteiger partial charge in [0.15, 0.2) is 17.3 Å². The lowest BCUT2D eigenvalue weighted by atomic mass is 10.1. The van der Waals surface area contributed by atoms with Crippen molar-refractivity contribution in [3.05, 3.63) is 103 Å². The van der Waals surface area contributed by atoms with Crippen molar-refractivity contribution < 1.29 is 34.4 Å². The Kier molecular flexibility index (Phi) is 12.5. The number of amides is 2. The molecule has 0 saturated heterocycles. The Morgan fingerprint density at radius 3 is 1.54 bits per heavy atom. The van der Waals surface area contributed by atoms with Crippen LogP contribution in [0.3, 0.4) is 0 Å². The van der Waals surface area contributed by atoms with Gasteiger partial charge in [0.05, 0.1) is 15.4 Å². The van der Waals surface area contributed by atoms with Crippen LogP contribution in [0.25, 0.3) is 12.2 Å². The second-order valence-corrected chi connectivity index (χ2v) is 7.68. The van der Waals surface area contributed by atoms with Crippen LogP contribution >= 0.6 is 0 Å². The van der Waals surface area contributed by atoms with Crippen molar-refractivity contribution in [1.82, 2.24) is 5.32 Å². The molecule has 208 valence electrons. The Balaban J connectivity index is 0.000000414. The molecular formula is C27H21N5O9. The number of phenolic OH excluding ortho intramolecular Hbond substituents is 2. The molecular weight excluding hydrogens is 538 g/mol. The minimum Gasteiger partial charge on any atom is -0.502 e. The Labute approximate surface area is 232 Å². The summed E-state index contributed by atoms with van der Waals surface area (Å²) >= 11 is 0. The van der Waals surface area contributed by atoms with Crippen molar-refractivity contribution in [1.29, 1.82) is 10.5 Å². The summed E-state index contributed by atoms with van der Waals surface area (Å²) in [7, 11) is 0. The number of aromatic hydroxyl groups is 2. The maximum absolute atomic E-state index is 11.4. The molecule has 0 aliphatic rings. The maximum Gasteiger partial charge on any atom is 0.310 e. The summed E-state index contributed by atoms with van der Waals surface area (Å²) in [4.78, 5) is 52.7. The van der Waals surface area contributed by atoms with E-state index in [9.17, 15) is 44.8 Å². The number of allylic oxidation sites excluding steroid dienone is 5. The first kappa shape index (κ1) is 32.6. The molecule has 0 fully saturated rings. The second-order valence-electron chi connectivity index (χ2n) is 7.68. The maximum atomic E-state index is 11.4. The lowest BCUT2D eigenvalue weighted by Gasteiger charge is -1.98. The third-order valence-corrected chi connectivity index (χ3v) is 4.65.